The molecule has 1 amide bonds. The van der Waals surface area contributed by atoms with Gasteiger partial charge in [0.15, 0.2) is 11.2 Å². The fourth-order valence-electron chi connectivity index (χ4n) is 2.72. The Labute approximate surface area is 139 Å². The normalized spacial score (nSPS) is 15.7. The molecule has 3 rings (SSSR count). The minimum atomic E-state index is -0.272. The lowest BCUT2D eigenvalue weighted by atomic mass is 10.3. The van der Waals surface area contributed by atoms with Crippen molar-refractivity contribution in [1.82, 2.24) is 29.7 Å². The van der Waals surface area contributed by atoms with Crippen LogP contribution in [0.3, 0.4) is 0 Å². The summed E-state index contributed by atoms with van der Waals surface area (Å²) < 4.78 is 7.02. The third-order valence-corrected chi connectivity index (χ3v) is 4.06. The van der Waals surface area contributed by atoms with Crippen LogP contribution in [-0.2, 0) is 16.1 Å². The van der Waals surface area contributed by atoms with E-state index in [0.717, 1.165) is 39.3 Å². The Morgan fingerprint density at radius 2 is 2.12 bits per heavy atom. The van der Waals surface area contributed by atoms with Gasteiger partial charge in [-0.1, -0.05) is 0 Å². The second-order valence-corrected chi connectivity index (χ2v) is 5.75. The van der Waals surface area contributed by atoms with Crippen LogP contribution in [0.25, 0.3) is 11.2 Å². The Bertz CT molecular complexity index is 734. The summed E-state index contributed by atoms with van der Waals surface area (Å²) in [7, 11) is 0. The summed E-state index contributed by atoms with van der Waals surface area (Å²) in [6, 6.07) is 0. The van der Waals surface area contributed by atoms with Gasteiger partial charge in [-0.2, -0.15) is 0 Å². The van der Waals surface area contributed by atoms with Gasteiger partial charge in [0.1, 0.15) is 0 Å². The maximum absolute atomic E-state index is 11.9. The number of carbonyl (C=O) groups is 1. The molecule has 0 unspecified atom stereocenters. The molecule has 0 aliphatic carbocycles. The van der Waals surface area contributed by atoms with Crippen LogP contribution in [0.1, 0.15) is 12.8 Å². The van der Waals surface area contributed by atoms with Crippen molar-refractivity contribution < 1.29 is 9.53 Å². The summed E-state index contributed by atoms with van der Waals surface area (Å²) in [6.07, 6.45) is 4.14. The lowest BCUT2D eigenvalue weighted by Gasteiger charge is -2.26. The molecule has 1 fully saturated rings. The van der Waals surface area contributed by atoms with E-state index in [2.05, 4.69) is 25.2 Å². The summed E-state index contributed by atoms with van der Waals surface area (Å²) >= 11 is 0. The van der Waals surface area contributed by atoms with Crippen molar-refractivity contribution in [2.45, 2.75) is 19.4 Å². The smallest absolute Gasteiger partial charge is 0.278 e. The van der Waals surface area contributed by atoms with Gasteiger partial charge in [0.2, 0.25) is 5.91 Å². The molecule has 9 heteroatoms. The molecule has 1 saturated heterocycles. The van der Waals surface area contributed by atoms with Crippen molar-refractivity contribution in [2.24, 2.45) is 0 Å². The van der Waals surface area contributed by atoms with Gasteiger partial charge in [0.05, 0.1) is 25.9 Å². The first-order valence-corrected chi connectivity index (χ1v) is 8.19. The third kappa shape index (κ3) is 4.18. The predicted molar refractivity (Wildman–Crippen MR) is 87.7 cm³/mol. The standard InChI is InChI=1S/C15H22N6O3/c22-12(16-3-1-4-20-6-8-24-9-7-20)2-5-21-11-19-13-14(21)17-10-18-15(13)23/h10-11H,1-9H2,(H,16,22)(H,17,18,23). The number of aromatic amines is 1. The van der Waals surface area contributed by atoms with Crippen LogP contribution in [0.5, 0.6) is 0 Å². The number of hydrogen-bond donors (Lipinski definition) is 2. The molecule has 2 aromatic heterocycles. The van der Waals surface area contributed by atoms with E-state index >= 15 is 0 Å². The maximum atomic E-state index is 11.9. The summed E-state index contributed by atoms with van der Waals surface area (Å²) in [5.41, 5.74) is 0.522. The van der Waals surface area contributed by atoms with Gasteiger partial charge in [-0.05, 0) is 13.0 Å². The number of rotatable bonds is 7. The Morgan fingerprint density at radius 3 is 2.96 bits per heavy atom. The van der Waals surface area contributed by atoms with E-state index in [4.69, 9.17) is 4.74 Å². The van der Waals surface area contributed by atoms with Crippen molar-refractivity contribution in [2.75, 3.05) is 39.4 Å². The minimum Gasteiger partial charge on any atom is -0.379 e. The fraction of sp³-hybridized carbons (Fsp3) is 0.600. The van der Waals surface area contributed by atoms with Crippen molar-refractivity contribution >= 4 is 17.1 Å². The topological polar surface area (TPSA) is 105 Å². The molecule has 3 heterocycles. The summed E-state index contributed by atoms with van der Waals surface area (Å²) in [6.45, 7) is 5.61. The monoisotopic (exact) mass is 334 g/mol. The highest BCUT2D eigenvalue weighted by atomic mass is 16.5. The number of carbonyl (C=O) groups excluding carboxylic acids is 1. The van der Waals surface area contributed by atoms with Crippen LogP contribution >= 0.6 is 0 Å². The molecule has 24 heavy (non-hydrogen) atoms. The molecule has 0 radical (unpaired) electrons. The first kappa shape index (κ1) is 16.6. The number of aryl methyl sites for hydroxylation is 1. The number of aromatic nitrogens is 4. The van der Waals surface area contributed by atoms with Crippen LogP contribution in [0.4, 0.5) is 0 Å². The van der Waals surface area contributed by atoms with Crippen LogP contribution in [0.2, 0.25) is 0 Å². The fourth-order valence-corrected chi connectivity index (χ4v) is 2.72. The molecular weight excluding hydrogens is 312 g/mol. The van der Waals surface area contributed by atoms with E-state index in [0.29, 0.717) is 30.7 Å². The van der Waals surface area contributed by atoms with Crippen LogP contribution in [0, 0.1) is 0 Å². The molecule has 130 valence electrons. The van der Waals surface area contributed by atoms with E-state index < -0.39 is 0 Å². The van der Waals surface area contributed by atoms with Crippen LogP contribution < -0.4 is 10.9 Å². The molecular formula is C15H22N6O3. The molecule has 9 nitrogen and oxygen atoms in total. The van der Waals surface area contributed by atoms with Crippen molar-refractivity contribution in [3.05, 3.63) is 23.0 Å². The third-order valence-electron chi connectivity index (χ3n) is 4.06. The van der Waals surface area contributed by atoms with Gasteiger partial charge >= 0.3 is 0 Å². The average Bonchev–Trinajstić information content (AvgIpc) is 3.02. The Balaban J connectivity index is 1.39. The highest BCUT2D eigenvalue weighted by molar-refractivity contribution is 5.76. The number of morpholine rings is 1. The summed E-state index contributed by atoms with van der Waals surface area (Å²) in [5, 5.41) is 2.93. The Morgan fingerprint density at radius 1 is 1.29 bits per heavy atom. The Kier molecular flexibility index (Phi) is 5.55. The largest absolute Gasteiger partial charge is 0.379 e. The van der Waals surface area contributed by atoms with E-state index in [-0.39, 0.29) is 11.5 Å². The highest BCUT2D eigenvalue weighted by Crippen LogP contribution is 2.04. The lowest BCUT2D eigenvalue weighted by molar-refractivity contribution is -0.121. The molecule has 0 spiro atoms. The molecule has 0 bridgehead atoms. The molecule has 0 aromatic carbocycles. The number of H-pyrrole nitrogens is 1. The van der Waals surface area contributed by atoms with Gasteiger partial charge in [0.25, 0.3) is 5.56 Å². The van der Waals surface area contributed by atoms with Gasteiger partial charge in [-0.3, -0.25) is 14.5 Å². The molecule has 0 atom stereocenters. The van der Waals surface area contributed by atoms with Crippen molar-refractivity contribution in [3.8, 4) is 0 Å². The molecule has 1 aliphatic heterocycles. The second-order valence-electron chi connectivity index (χ2n) is 5.75. The number of hydrogen-bond acceptors (Lipinski definition) is 6. The maximum Gasteiger partial charge on any atom is 0.278 e. The van der Waals surface area contributed by atoms with E-state index in [1.165, 1.54) is 6.33 Å². The minimum absolute atomic E-state index is 0.0105. The lowest BCUT2D eigenvalue weighted by Crippen LogP contribution is -2.38. The number of nitrogens with zero attached hydrogens (tertiary/aromatic N) is 4. The second kappa shape index (κ2) is 8.02. The summed E-state index contributed by atoms with van der Waals surface area (Å²) in [5.74, 6) is -0.0105. The number of amides is 1. The van der Waals surface area contributed by atoms with Crippen LogP contribution in [0.15, 0.2) is 17.4 Å². The number of nitrogens with one attached hydrogen (secondary N) is 2. The van der Waals surface area contributed by atoms with E-state index in [9.17, 15) is 9.59 Å². The Hall–Kier alpha value is -2.26. The molecule has 2 N–H and O–H groups in total. The van der Waals surface area contributed by atoms with Gasteiger partial charge < -0.3 is 19.6 Å². The molecule has 2 aromatic rings. The zero-order chi connectivity index (χ0) is 16.8. The number of fused-ring (bicyclic) bond motifs is 1. The highest BCUT2D eigenvalue weighted by Gasteiger charge is 2.10. The first-order chi connectivity index (χ1) is 11.7. The first-order valence-electron chi connectivity index (χ1n) is 8.19. The molecule has 0 saturated carbocycles. The SMILES string of the molecule is O=C(CCn1cnc2c(=O)[nH]cnc21)NCCCN1CCOCC1. The average molecular weight is 334 g/mol. The van der Waals surface area contributed by atoms with E-state index in [1.54, 1.807) is 10.9 Å². The zero-order valence-corrected chi connectivity index (χ0v) is 13.5. The predicted octanol–water partition coefficient (Wildman–Crippen LogP) is -0.652. The van der Waals surface area contributed by atoms with Crippen molar-refractivity contribution in [1.29, 1.82) is 0 Å². The van der Waals surface area contributed by atoms with E-state index in [1.807, 2.05) is 0 Å². The quantitative estimate of drug-likeness (QED) is 0.652. The van der Waals surface area contributed by atoms with Crippen LogP contribution in [-0.4, -0.2) is 69.7 Å². The zero-order valence-electron chi connectivity index (χ0n) is 13.5. The van der Waals surface area contributed by atoms with Gasteiger partial charge in [-0.25, -0.2) is 9.97 Å². The molecule has 1 aliphatic rings. The number of ether oxygens (including phenoxy) is 1. The van der Waals surface area contributed by atoms with Gasteiger partial charge in [0, 0.05) is 32.6 Å². The summed E-state index contributed by atoms with van der Waals surface area (Å²) in [4.78, 5) is 36.5. The van der Waals surface area contributed by atoms with Crippen molar-refractivity contribution in [3.63, 3.8) is 0 Å². The van der Waals surface area contributed by atoms with Gasteiger partial charge in [-0.15, -0.1) is 0 Å². The number of imidazole rings is 1.